The molecule has 0 aliphatic carbocycles. The van der Waals surface area contributed by atoms with Gasteiger partial charge in [-0.15, -0.1) is 0 Å². The molecule has 1 aliphatic rings. The van der Waals surface area contributed by atoms with Crippen molar-refractivity contribution in [3.05, 3.63) is 0 Å². The molecular formula is C12H21N3O6. The highest BCUT2D eigenvalue weighted by atomic mass is 16.6. The van der Waals surface area contributed by atoms with Gasteiger partial charge in [0.15, 0.2) is 6.23 Å². The average Bonchev–Trinajstić information content (AvgIpc) is 2.36. The molecule has 9 nitrogen and oxygen atoms in total. The van der Waals surface area contributed by atoms with Crippen LogP contribution in [0, 0.1) is 0 Å². The molecule has 2 atom stereocenters. The van der Waals surface area contributed by atoms with Crippen LogP contribution in [0.2, 0.25) is 0 Å². The van der Waals surface area contributed by atoms with Gasteiger partial charge in [-0.05, 0) is 27.2 Å². The lowest BCUT2D eigenvalue weighted by molar-refractivity contribution is -0.175. The van der Waals surface area contributed by atoms with Crippen molar-refractivity contribution < 1.29 is 29.0 Å². The summed E-state index contributed by atoms with van der Waals surface area (Å²) in [5.41, 5.74) is 1.82. The van der Waals surface area contributed by atoms with Crippen molar-refractivity contribution in [1.29, 1.82) is 0 Å². The fourth-order valence-corrected chi connectivity index (χ4v) is 1.89. The van der Waals surface area contributed by atoms with Gasteiger partial charge in [0.25, 0.3) is 0 Å². The molecular weight excluding hydrogens is 282 g/mol. The van der Waals surface area contributed by atoms with Gasteiger partial charge in [0, 0.05) is 19.0 Å². The van der Waals surface area contributed by atoms with Crippen LogP contribution in [-0.4, -0.2) is 52.5 Å². The Kier molecular flexibility index (Phi) is 5.50. The molecule has 4 N–H and O–H groups in total. The van der Waals surface area contributed by atoms with E-state index >= 15 is 0 Å². The van der Waals surface area contributed by atoms with E-state index in [-0.39, 0.29) is 19.0 Å². The predicted molar refractivity (Wildman–Crippen MR) is 70.8 cm³/mol. The van der Waals surface area contributed by atoms with Gasteiger partial charge in [0.2, 0.25) is 0 Å². The average molecular weight is 303 g/mol. The van der Waals surface area contributed by atoms with Crippen LogP contribution in [0.15, 0.2) is 0 Å². The van der Waals surface area contributed by atoms with E-state index in [0.29, 0.717) is 6.42 Å². The molecule has 0 aromatic heterocycles. The van der Waals surface area contributed by atoms with Crippen molar-refractivity contribution in [2.45, 2.75) is 51.5 Å². The van der Waals surface area contributed by atoms with Crippen LogP contribution in [0.5, 0.6) is 0 Å². The molecule has 0 unspecified atom stereocenters. The lowest BCUT2D eigenvalue weighted by Gasteiger charge is -2.38. The number of aliphatic carboxylic acids is 1. The number of amides is 1. The molecule has 0 spiro atoms. The zero-order valence-electron chi connectivity index (χ0n) is 12.3. The third-order valence-corrected chi connectivity index (χ3v) is 2.83. The maximum Gasteiger partial charge on any atom is 0.419 e. The Balaban J connectivity index is 2.80. The molecule has 0 radical (unpaired) electrons. The summed E-state index contributed by atoms with van der Waals surface area (Å²) in [4.78, 5) is 35.1. The summed E-state index contributed by atoms with van der Waals surface area (Å²) in [5.74, 6) is 2.19. The topological polar surface area (TPSA) is 131 Å². The lowest BCUT2D eigenvalue weighted by atomic mass is 10.0. The molecule has 0 aromatic rings. The summed E-state index contributed by atoms with van der Waals surface area (Å²) in [6.07, 6.45) is -0.967. The maximum atomic E-state index is 12.1. The Labute approximate surface area is 122 Å². The number of nitrogens with one attached hydrogen (secondary N) is 1. The first-order valence-electron chi connectivity index (χ1n) is 6.53. The minimum absolute atomic E-state index is 0.185. The lowest BCUT2D eigenvalue weighted by Crippen LogP contribution is -2.55. The van der Waals surface area contributed by atoms with E-state index in [1.807, 2.05) is 0 Å². The number of ether oxygens (including phenoxy) is 2. The molecule has 0 aromatic carbocycles. The number of carboxylic acid groups (broad SMARTS) is 1. The Morgan fingerprint density at radius 2 is 1.95 bits per heavy atom. The Morgan fingerprint density at radius 3 is 2.43 bits per heavy atom. The number of carbonyl (C=O) groups is 3. The van der Waals surface area contributed by atoms with Crippen LogP contribution in [0.1, 0.15) is 33.6 Å². The molecule has 0 bridgehead atoms. The molecule has 1 heterocycles. The molecule has 1 aliphatic heterocycles. The third kappa shape index (κ3) is 5.20. The number of hydrogen-bond acceptors (Lipinski definition) is 7. The third-order valence-electron chi connectivity index (χ3n) is 2.83. The van der Waals surface area contributed by atoms with Crippen molar-refractivity contribution >= 4 is 18.0 Å². The highest BCUT2D eigenvalue weighted by molar-refractivity contribution is 6.28. The van der Waals surface area contributed by atoms with Gasteiger partial charge in [0.1, 0.15) is 5.60 Å². The van der Waals surface area contributed by atoms with E-state index in [0.717, 1.165) is 0 Å². The summed E-state index contributed by atoms with van der Waals surface area (Å²) in [6.45, 7) is 5.35. The van der Waals surface area contributed by atoms with Crippen molar-refractivity contribution in [3.8, 4) is 0 Å². The van der Waals surface area contributed by atoms with E-state index in [2.05, 4.69) is 5.43 Å². The van der Waals surface area contributed by atoms with E-state index < -0.39 is 29.9 Å². The van der Waals surface area contributed by atoms with Gasteiger partial charge >= 0.3 is 18.0 Å². The first kappa shape index (κ1) is 17.2. The first-order valence-corrected chi connectivity index (χ1v) is 6.53. The molecule has 1 rings (SSSR count). The minimum Gasteiger partial charge on any atom is -0.473 e. The first-order chi connectivity index (χ1) is 9.64. The number of esters is 1. The summed E-state index contributed by atoms with van der Waals surface area (Å²) in [5, 5.41) is 8.60. The molecule has 9 heteroatoms. The number of rotatable bonds is 2. The largest absolute Gasteiger partial charge is 0.473 e. The summed E-state index contributed by atoms with van der Waals surface area (Å²) < 4.78 is 10.0. The highest BCUT2D eigenvalue weighted by Gasteiger charge is 2.37. The number of nitrogens with two attached hydrogens (primary N) is 1. The van der Waals surface area contributed by atoms with Crippen LogP contribution in [-0.2, 0) is 19.1 Å². The van der Waals surface area contributed by atoms with Gasteiger partial charge in [-0.3, -0.25) is 16.2 Å². The monoisotopic (exact) mass is 303 g/mol. The van der Waals surface area contributed by atoms with Crippen molar-refractivity contribution in [2.24, 2.45) is 5.84 Å². The van der Waals surface area contributed by atoms with Crippen LogP contribution in [0.25, 0.3) is 0 Å². The van der Waals surface area contributed by atoms with Gasteiger partial charge < -0.3 is 14.6 Å². The molecule has 1 saturated heterocycles. The number of carboxylic acids is 1. The van der Waals surface area contributed by atoms with Crippen molar-refractivity contribution in [2.75, 3.05) is 6.54 Å². The summed E-state index contributed by atoms with van der Waals surface area (Å²) >= 11 is 0. The SMILES string of the molecule is CC(C)(C)OC(=O)N1CC[C@H](NN)C[C@@H]1OC(=O)C(=O)O. The van der Waals surface area contributed by atoms with Crippen molar-refractivity contribution in [1.82, 2.24) is 10.3 Å². The van der Waals surface area contributed by atoms with Gasteiger partial charge in [-0.25, -0.2) is 14.4 Å². The second-order valence-corrected chi connectivity index (χ2v) is 5.73. The second-order valence-electron chi connectivity index (χ2n) is 5.73. The van der Waals surface area contributed by atoms with Gasteiger partial charge in [-0.1, -0.05) is 0 Å². The molecule has 21 heavy (non-hydrogen) atoms. The molecule has 1 fully saturated rings. The predicted octanol–water partition coefficient (Wildman–Crippen LogP) is -0.197. The Morgan fingerprint density at radius 1 is 1.33 bits per heavy atom. The Hall–Kier alpha value is -1.87. The fourth-order valence-electron chi connectivity index (χ4n) is 1.89. The molecule has 0 saturated carbocycles. The van der Waals surface area contributed by atoms with Crippen LogP contribution < -0.4 is 11.3 Å². The van der Waals surface area contributed by atoms with Gasteiger partial charge in [-0.2, -0.15) is 0 Å². The number of piperidine rings is 1. The Bertz CT molecular complexity index is 420. The van der Waals surface area contributed by atoms with Crippen LogP contribution in [0.3, 0.4) is 0 Å². The van der Waals surface area contributed by atoms with Gasteiger partial charge in [0.05, 0.1) is 0 Å². The highest BCUT2D eigenvalue weighted by Crippen LogP contribution is 2.21. The fraction of sp³-hybridized carbons (Fsp3) is 0.750. The number of carbonyl (C=O) groups excluding carboxylic acids is 2. The zero-order valence-corrected chi connectivity index (χ0v) is 12.3. The smallest absolute Gasteiger partial charge is 0.419 e. The maximum absolute atomic E-state index is 12.1. The number of hydrogen-bond donors (Lipinski definition) is 3. The quantitative estimate of drug-likeness (QED) is 0.277. The van der Waals surface area contributed by atoms with Crippen LogP contribution >= 0.6 is 0 Å². The minimum atomic E-state index is -1.72. The number of hydrazine groups is 1. The zero-order chi connectivity index (χ0) is 16.2. The summed E-state index contributed by atoms with van der Waals surface area (Å²) in [6, 6.07) is -0.185. The number of likely N-dealkylation sites (tertiary alicyclic amines) is 1. The standard InChI is InChI=1S/C12H21N3O6/c1-12(2,3)21-11(19)15-5-4-7(14-13)6-8(15)20-10(18)9(16)17/h7-8,14H,4-6,13H2,1-3H3,(H,16,17)/t7-,8-/m0/s1. The van der Waals surface area contributed by atoms with E-state index in [1.165, 1.54) is 4.90 Å². The molecule has 120 valence electrons. The second kappa shape index (κ2) is 6.72. The normalized spacial score (nSPS) is 22.6. The van der Waals surface area contributed by atoms with Crippen molar-refractivity contribution in [3.63, 3.8) is 0 Å². The number of nitrogens with zero attached hydrogens (tertiary/aromatic N) is 1. The van der Waals surface area contributed by atoms with Crippen LogP contribution in [0.4, 0.5) is 4.79 Å². The molecule has 1 amide bonds. The summed E-state index contributed by atoms with van der Waals surface area (Å²) in [7, 11) is 0. The van der Waals surface area contributed by atoms with E-state index in [1.54, 1.807) is 20.8 Å². The van der Waals surface area contributed by atoms with E-state index in [9.17, 15) is 14.4 Å². The van der Waals surface area contributed by atoms with E-state index in [4.69, 9.17) is 20.4 Å².